The summed E-state index contributed by atoms with van der Waals surface area (Å²) in [5, 5.41) is 9.09. The lowest BCUT2D eigenvalue weighted by molar-refractivity contribution is -0.125. The summed E-state index contributed by atoms with van der Waals surface area (Å²) in [4.78, 5) is 24.5. The van der Waals surface area contributed by atoms with Crippen LogP contribution < -0.4 is 5.73 Å². The topological polar surface area (TPSA) is 80.4 Å². The van der Waals surface area contributed by atoms with Crippen LogP contribution in [0.25, 0.3) is 0 Å². The van der Waals surface area contributed by atoms with Gasteiger partial charge in [-0.25, -0.2) is 4.79 Å². The summed E-state index contributed by atoms with van der Waals surface area (Å²) in [6.07, 6.45) is 7.15. The van der Waals surface area contributed by atoms with Crippen molar-refractivity contribution in [2.24, 2.45) is 28.9 Å². The predicted octanol–water partition coefficient (Wildman–Crippen LogP) is 3.55. The summed E-state index contributed by atoms with van der Waals surface area (Å²) in [5.74, 6) is 0.948. The van der Waals surface area contributed by atoms with Gasteiger partial charge in [0.1, 0.15) is 0 Å². The van der Waals surface area contributed by atoms with Crippen molar-refractivity contribution in [1.82, 2.24) is 0 Å². The zero-order valence-electron chi connectivity index (χ0n) is 13.6. The van der Waals surface area contributed by atoms with E-state index >= 15 is 0 Å². The minimum Gasteiger partial charge on any atom is -0.478 e. The standard InChI is InChI=1S/C19H23NO3S/c20-17(21)16(24-15-4-2-1-3-14(15)18(22)23)19-8-11-5-12(9-19)7-13(6-11)10-19/h1-4,11-13,16H,5-10H2,(H2,20,21)(H,22,23). The lowest BCUT2D eigenvalue weighted by Crippen LogP contribution is -2.54. The van der Waals surface area contributed by atoms with Crippen molar-refractivity contribution >= 4 is 23.6 Å². The first-order valence-electron chi connectivity index (χ1n) is 8.75. The molecular weight excluding hydrogens is 322 g/mol. The number of carboxylic acids is 1. The average Bonchev–Trinajstić information content (AvgIpc) is 2.51. The third-order valence-corrected chi connectivity index (χ3v) is 7.84. The van der Waals surface area contributed by atoms with Crippen molar-refractivity contribution < 1.29 is 14.7 Å². The van der Waals surface area contributed by atoms with Gasteiger partial charge in [-0.15, -0.1) is 11.8 Å². The molecule has 5 rings (SSSR count). The summed E-state index contributed by atoms with van der Waals surface area (Å²) in [7, 11) is 0. The molecule has 1 amide bonds. The van der Waals surface area contributed by atoms with Gasteiger partial charge in [0.2, 0.25) is 5.91 Å². The second kappa shape index (κ2) is 5.80. The van der Waals surface area contributed by atoms with Crippen molar-refractivity contribution in [2.45, 2.75) is 48.7 Å². The number of primary amides is 1. The fourth-order valence-electron chi connectivity index (χ4n) is 5.86. The lowest BCUT2D eigenvalue weighted by Gasteiger charge is -2.58. The first kappa shape index (κ1) is 16.0. The van der Waals surface area contributed by atoms with E-state index in [0.29, 0.717) is 4.90 Å². The second-order valence-corrected chi connectivity index (χ2v) is 9.13. The molecule has 24 heavy (non-hydrogen) atoms. The molecule has 4 fully saturated rings. The van der Waals surface area contributed by atoms with Gasteiger partial charge in [0, 0.05) is 4.90 Å². The number of benzene rings is 1. The summed E-state index contributed by atoms with van der Waals surface area (Å²) in [6, 6.07) is 6.94. The number of carbonyl (C=O) groups is 2. The van der Waals surface area contributed by atoms with Gasteiger partial charge in [0.05, 0.1) is 10.8 Å². The van der Waals surface area contributed by atoms with Gasteiger partial charge in [-0.3, -0.25) is 4.79 Å². The predicted molar refractivity (Wildman–Crippen MR) is 92.8 cm³/mol. The first-order valence-corrected chi connectivity index (χ1v) is 9.63. The Balaban J connectivity index is 1.67. The van der Waals surface area contributed by atoms with Crippen LogP contribution >= 0.6 is 11.8 Å². The third-order valence-electron chi connectivity index (χ3n) is 6.26. The highest BCUT2D eigenvalue weighted by Crippen LogP contribution is 2.63. The molecule has 1 atom stereocenters. The summed E-state index contributed by atoms with van der Waals surface area (Å²) < 4.78 is 0. The van der Waals surface area contributed by atoms with E-state index in [1.165, 1.54) is 31.0 Å². The Labute approximate surface area is 146 Å². The fraction of sp³-hybridized carbons (Fsp3) is 0.579. The van der Waals surface area contributed by atoms with Crippen LogP contribution in [0, 0.1) is 23.2 Å². The van der Waals surface area contributed by atoms with Crippen LogP contribution in [-0.2, 0) is 4.79 Å². The second-order valence-electron chi connectivity index (χ2n) is 7.98. The minimum absolute atomic E-state index is 0.0309. The highest BCUT2D eigenvalue weighted by Gasteiger charge is 2.55. The summed E-state index contributed by atoms with van der Waals surface area (Å²) in [5.41, 5.74) is 6.06. The van der Waals surface area contributed by atoms with Crippen molar-refractivity contribution in [3.63, 3.8) is 0 Å². The van der Waals surface area contributed by atoms with E-state index in [4.69, 9.17) is 5.73 Å². The molecule has 3 N–H and O–H groups in total. The van der Waals surface area contributed by atoms with Crippen molar-refractivity contribution in [3.8, 4) is 0 Å². The maximum absolute atomic E-state index is 12.4. The maximum Gasteiger partial charge on any atom is 0.336 e. The van der Waals surface area contributed by atoms with Gasteiger partial charge in [-0.1, -0.05) is 12.1 Å². The molecular formula is C19H23NO3S. The molecule has 1 unspecified atom stereocenters. The van der Waals surface area contributed by atoms with Crippen LogP contribution in [0.1, 0.15) is 48.9 Å². The molecule has 4 saturated carbocycles. The van der Waals surface area contributed by atoms with Crippen LogP contribution in [0.5, 0.6) is 0 Å². The number of hydrogen-bond acceptors (Lipinski definition) is 3. The fourth-order valence-corrected chi connectivity index (χ4v) is 7.20. The molecule has 4 nitrogen and oxygen atoms in total. The van der Waals surface area contributed by atoms with Gasteiger partial charge in [-0.05, 0) is 73.8 Å². The number of nitrogens with two attached hydrogens (primary N) is 1. The smallest absolute Gasteiger partial charge is 0.336 e. The van der Waals surface area contributed by atoms with Gasteiger partial charge in [0.15, 0.2) is 0 Å². The van der Waals surface area contributed by atoms with Crippen molar-refractivity contribution in [1.29, 1.82) is 0 Å². The largest absolute Gasteiger partial charge is 0.478 e. The Kier molecular flexibility index (Phi) is 3.87. The van der Waals surface area contributed by atoms with Crippen LogP contribution in [0.4, 0.5) is 0 Å². The van der Waals surface area contributed by atoms with Crippen LogP contribution in [0.15, 0.2) is 29.2 Å². The molecule has 0 radical (unpaired) electrons. The van der Waals surface area contributed by atoms with E-state index < -0.39 is 5.97 Å². The summed E-state index contributed by atoms with van der Waals surface area (Å²) in [6.45, 7) is 0. The van der Waals surface area contributed by atoms with E-state index in [9.17, 15) is 14.7 Å². The zero-order valence-corrected chi connectivity index (χ0v) is 14.4. The van der Waals surface area contributed by atoms with Crippen molar-refractivity contribution in [3.05, 3.63) is 29.8 Å². The monoisotopic (exact) mass is 345 g/mol. The highest BCUT2D eigenvalue weighted by atomic mass is 32.2. The number of rotatable bonds is 5. The number of hydrogen-bond donors (Lipinski definition) is 2. The van der Waals surface area contributed by atoms with E-state index in [1.54, 1.807) is 18.2 Å². The van der Waals surface area contributed by atoms with E-state index in [-0.39, 0.29) is 22.1 Å². The maximum atomic E-state index is 12.4. The lowest BCUT2D eigenvalue weighted by atomic mass is 9.48. The highest BCUT2D eigenvalue weighted by molar-refractivity contribution is 8.00. The first-order chi connectivity index (χ1) is 11.5. The molecule has 1 aromatic carbocycles. The quantitative estimate of drug-likeness (QED) is 0.800. The molecule has 0 aliphatic heterocycles. The van der Waals surface area contributed by atoms with Gasteiger partial charge >= 0.3 is 5.97 Å². The normalized spacial score (nSPS) is 34.9. The van der Waals surface area contributed by atoms with Crippen LogP contribution in [0.2, 0.25) is 0 Å². The molecule has 5 heteroatoms. The van der Waals surface area contributed by atoms with Crippen LogP contribution in [0.3, 0.4) is 0 Å². The molecule has 0 heterocycles. The SMILES string of the molecule is NC(=O)C(Sc1ccccc1C(=O)O)C12CC3CC(CC(C3)C1)C2. The van der Waals surface area contributed by atoms with E-state index in [1.807, 2.05) is 6.07 Å². The molecule has 1 aromatic rings. The number of carboxylic acid groups (broad SMARTS) is 1. The van der Waals surface area contributed by atoms with Gasteiger partial charge < -0.3 is 10.8 Å². The Morgan fingerprint density at radius 2 is 1.62 bits per heavy atom. The molecule has 0 aromatic heterocycles. The summed E-state index contributed by atoms with van der Waals surface area (Å²) >= 11 is 1.38. The number of carbonyl (C=O) groups excluding carboxylic acids is 1. The minimum atomic E-state index is -0.952. The average molecular weight is 345 g/mol. The van der Waals surface area contributed by atoms with E-state index in [0.717, 1.165) is 37.0 Å². The number of aromatic carboxylic acids is 1. The molecule has 0 spiro atoms. The van der Waals surface area contributed by atoms with E-state index in [2.05, 4.69) is 0 Å². The third kappa shape index (κ3) is 2.63. The van der Waals surface area contributed by atoms with Gasteiger partial charge in [0.25, 0.3) is 0 Å². The Morgan fingerprint density at radius 1 is 1.08 bits per heavy atom. The Morgan fingerprint density at radius 3 is 2.12 bits per heavy atom. The van der Waals surface area contributed by atoms with Crippen LogP contribution in [-0.4, -0.2) is 22.2 Å². The van der Waals surface area contributed by atoms with Crippen molar-refractivity contribution in [2.75, 3.05) is 0 Å². The molecule has 4 bridgehead atoms. The zero-order chi connectivity index (χ0) is 16.9. The van der Waals surface area contributed by atoms with Gasteiger partial charge in [-0.2, -0.15) is 0 Å². The Bertz CT molecular complexity index is 652. The Hall–Kier alpha value is -1.49. The molecule has 4 aliphatic carbocycles. The molecule has 4 aliphatic rings. The molecule has 128 valence electrons. The molecule has 0 saturated heterocycles. The number of thioether (sulfide) groups is 1. The number of amides is 1.